The number of carbonyl (C=O) groups is 3. The predicted octanol–water partition coefficient (Wildman–Crippen LogP) is 5.19. The van der Waals surface area contributed by atoms with Gasteiger partial charge in [-0.15, -0.1) is 0 Å². The summed E-state index contributed by atoms with van der Waals surface area (Å²) in [6, 6.07) is 4.07. The number of hydrogen-bond acceptors (Lipinski definition) is 4. The molecule has 0 heterocycles. The van der Waals surface area contributed by atoms with Gasteiger partial charge in [-0.25, -0.2) is 4.79 Å². The monoisotopic (exact) mass is 475 g/mol. The summed E-state index contributed by atoms with van der Waals surface area (Å²) in [6.07, 6.45) is 2.97. The molecule has 192 valence electrons. The van der Waals surface area contributed by atoms with E-state index in [9.17, 15) is 14.4 Å². The number of aryl methyl sites for hydroxylation is 2. The number of amides is 3. The van der Waals surface area contributed by atoms with Gasteiger partial charge in [-0.05, 0) is 72.4 Å². The van der Waals surface area contributed by atoms with Gasteiger partial charge in [0.15, 0.2) is 0 Å². The Labute approximate surface area is 206 Å². The maximum absolute atomic E-state index is 13.7. The molecule has 0 aliphatic carbocycles. The third-order valence-electron chi connectivity index (χ3n) is 5.76. The topological polar surface area (TPSA) is 87.7 Å². The van der Waals surface area contributed by atoms with Crippen molar-refractivity contribution in [1.82, 2.24) is 15.5 Å². The molecule has 1 aromatic rings. The Hall–Kier alpha value is -2.57. The molecule has 3 amide bonds. The zero-order valence-electron chi connectivity index (χ0n) is 22.6. The zero-order chi connectivity index (χ0) is 26.1. The molecule has 1 rings (SSSR count). The molecular formula is C27H45N3O4. The molecule has 0 saturated heterocycles. The number of nitrogens with zero attached hydrogens (tertiary/aromatic N) is 1. The maximum Gasteiger partial charge on any atom is 0.408 e. The van der Waals surface area contributed by atoms with Gasteiger partial charge in [0.25, 0.3) is 0 Å². The molecule has 3 unspecified atom stereocenters. The van der Waals surface area contributed by atoms with E-state index in [1.165, 1.54) is 0 Å². The van der Waals surface area contributed by atoms with Crippen molar-refractivity contribution in [3.8, 4) is 0 Å². The minimum absolute atomic E-state index is 0.206. The fourth-order valence-electron chi connectivity index (χ4n) is 3.72. The third kappa shape index (κ3) is 8.99. The lowest BCUT2D eigenvalue weighted by Crippen LogP contribution is -2.54. The molecule has 0 aliphatic heterocycles. The van der Waals surface area contributed by atoms with Gasteiger partial charge in [-0.3, -0.25) is 9.59 Å². The molecule has 1 aromatic carbocycles. The lowest BCUT2D eigenvalue weighted by Gasteiger charge is -2.38. The number of carbonyl (C=O) groups excluding carboxylic acids is 3. The van der Waals surface area contributed by atoms with Crippen LogP contribution in [-0.2, 0) is 14.3 Å². The van der Waals surface area contributed by atoms with Crippen LogP contribution in [0.2, 0.25) is 0 Å². The van der Waals surface area contributed by atoms with Gasteiger partial charge >= 0.3 is 6.09 Å². The summed E-state index contributed by atoms with van der Waals surface area (Å²) < 4.78 is 5.33. The average molecular weight is 476 g/mol. The van der Waals surface area contributed by atoms with Gasteiger partial charge in [-0.1, -0.05) is 50.5 Å². The van der Waals surface area contributed by atoms with Gasteiger partial charge < -0.3 is 20.3 Å². The molecule has 2 N–H and O–H groups in total. The number of unbranched alkanes of at least 4 members (excludes halogenated alkanes) is 2. The van der Waals surface area contributed by atoms with Crippen molar-refractivity contribution in [2.45, 2.75) is 112 Å². The standard InChI is InChI=1S/C27H45N3O4/c1-10-12-13-16-28-24(31)23(22-17-18(3)14-15-19(22)4)30(20(5)11-2)25(32)21(6)29-26(33)34-27(7,8)9/h14-15,17,20-21,23H,10-13,16H2,1-9H3,(H,28,31)(H,29,33). The molecule has 0 spiro atoms. The van der Waals surface area contributed by atoms with E-state index in [2.05, 4.69) is 17.6 Å². The van der Waals surface area contributed by atoms with E-state index in [1.54, 1.807) is 32.6 Å². The first-order valence-corrected chi connectivity index (χ1v) is 12.5. The highest BCUT2D eigenvalue weighted by Crippen LogP contribution is 2.29. The van der Waals surface area contributed by atoms with Crippen LogP contribution in [0.5, 0.6) is 0 Å². The van der Waals surface area contributed by atoms with E-state index in [0.29, 0.717) is 13.0 Å². The van der Waals surface area contributed by atoms with Crippen molar-refractivity contribution in [2.24, 2.45) is 0 Å². The lowest BCUT2D eigenvalue weighted by atomic mass is 9.94. The average Bonchev–Trinajstić information content (AvgIpc) is 2.74. The molecular weight excluding hydrogens is 430 g/mol. The molecule has 0 fully saturated rings. The van der Waals surface area contributed by atoms with E-state index >= 15 is 0 Å². The van der Waals surface area contributed by atoms with Crippen molar-refractivity contribution >= 4 is 17.9 Å². The highest BCUT2D eigenvalue weighted by Gasteiger charge is 2.37. The second kappa shape index (κ2) is 13.4. The summed E-state index contributed by atoms with van der Waals surface area (Å²) in [4.78, 5) is 41.2. The minimum atomic E-state index is -0.857. The Morgan fingerprint density at radius 2 is 1.71 bits per heavy atom. The lowest BCUT2D eigenvalue weighted by molar-refractivity contribution is -0.144. The van der Waals surface area contributed by atoms with Crippen LogP contribution in [0.25, 0.3) is 0 Å². The van der Waals surface area contributed by atoms with E-state index in [1.807, 2.05) is 45.9 Å². The molecule has 0 radical (unpaired) electrons. The maximum atomic E-state index is 13.7. The number of hydrogen-bond donors (Lipinski definition) is 2. The summed E-state index contributed by atoms with van der Waals surface area (Å²) in [5.41, 5.74) is 2.07. The Kier molecular flexibility index (Phi) is 11.6. The van der Waals surface area contributed by atoms with Crippen molar-refractivity contribution in [3.63, 3.8) is 0 Å². The van der Waals surface area contributed by atoms with Gasteiger partial charge in [0, 0.05) is 12.6 Å². The molecule has 0 bridgehead atoms. The molecule has 0 aliphatic rings. The summed E-state index contributed by atoms with van der Waals surface area (Å²) >= 11 is 0. The van der Waals surface area contributed by atoms with Crippen molar-refractivity contribution in [1.29, 1.82) is 0 Å². The Bertz CT molecular complexity index is 832. The molecule has 7 heteroatoms. The normalized spacial score (nSPS) is 14.0. The van der Waals surface area contributed by atoms with Gasteiger partial charge in [0.2, 0.25) is 11.8 Å². The largest absolute Gasteiger partial charge is 0.444 e. The van der Waals surface area contributed by atoms with Gasteiger partial charge in [0.1, 0.15) is 17.7 Å². The molecule has 0 aromatic heterocycles. The van der Waals surface area contributed by atoms with Crippen molar-refractivity contribution < 1.29 is 19.1 Å². The SMILES string of the molecule is CCCCCNC(=O)C(c1cc(C)ccc1C)N(C(=O)C(C)NC(=O)OC(C)(C)C)C(C)CC. The molecule has 34 heavy (non-hydrogen) atoms. The van der Waals surface area contributed by atoms with E-state index in [0.717, 1.165) is 36.0 Å². The van der Waals surface area contributed by atoms with E-state index < -0.39 is 23.8 Å². The van der Waals surface area contributed by atoms with Crippen LogP contribution in [0.4, 0.5) is 4.79 Å². The van der Waals surface area contributed by atoms with Crippen molar-refractivity contribution in [2.75, 3.05) is 6.54 Å². The van der Waals surface area contributed by atoms with E-state index in [4.69, 9.17) is 4.74 Å². The molecule has 3 atom stereocenters. The van der Waals surface area contributed by atoms with Gasteiger partial charge in [-0.2, -0.15) is 0 Å². The smallest absolute Gasteiger partial charge is 0.408 e. The number of benzene rings is 1. The van der Waals surface area contributed by atoms with Gasteiger partial charge in [0.05, 0.1) is 0 Å². The Morgan fingerprint density at radius 1 is 1.06 bits per heavy atom. The summed E-state index contributed by atoms with van der Waals surface area (Å²) in [6.45, 7) is 17.4. The first kappa shape index (κ1) is 29.5. The van der Waals surface area contributed by atoms with Crippen LogP contribution in [-0.4, -0.2) is 47.0 Å². The summed E-state index contributed by atoms with van der Waals surface area (Å²) in [5, 5.41) is 5.69. The number of ether oxygens (including phenoxy) is 1. The fraction of sp³-hybridized carbons (Fsp3) is 0.667. The number of alkyl carbamates (subject to hydrolysis) is 1. The number of nitrogens with one attached hydrogen (secondary N) is 2. The second-order valence-electron chi connectivity index (χ2n) is 10.1. The second-order valence-corrected chi connectivity index (χ2v) is 10.1. The highest BCUT2D eigenvalue weighted by atomic mass is 16.6. The summed E-state index contributed by atoms with van der Waals surface area (Å²) in [5.74, 6) is -0.530. The van der Waals surface area contributed by atoms with Crippen LogP contribution >= 0.6 is 0 Å². The molecule has 0 saturated carbocycles. The first-order valence-electron chi connectivity index (χ1n) is 12.5. The fourth-order valence-corrected chi connectivity index (χ4v) is 3.72. The predicted molar refractivity (Wildman–Crippen MR) is 137 cm³/mol. The molecule has 7 nitrogen and oxygen atoms in total. The van der Waals surface area contributed by atoms with Crippen LogP contribution in [0.3, 0.4) is 0 Å². The Morgan fingerprint density at radius 3 is 2.26 bits per heavy atom. The summed E-state index contributed by atoms with van der Waals surface area (Å²) in [7, 11) is 0. The van der Waals surface area contributed by atoms with Crippen LogP contribution in [0.1, 0.15) is 96.9 Å². The quantitative estimate of drug-likeness (QED) is 0.431. The first-order chi connectivity index (χ1) is 15.8. The van der Waals surface area contributed by atoms with Crippen LogP contribution in [0.15, 0.2) is 18.2 Å². The minimum Gasteiger partial charge on any atom is -0.444 e. The third-order valence-corrected chi connectivity index (χ3v) is 5.76. The van der Waals surface area contributed by atoms with E-state index in [-0.39, 0.29) is 17.9 Å². The zero-order valence-corrected chi connectivity index (χ0v) is 22.6. The number of rotatable bonds is 11. The Balaban J connectivity index is 3.36. The van der Waals surface area contributed by atoms with Crippen LogP contribution in [0, 0.1) is 13.8 Å². The van der Waals surface area contributed by atoms with Crippen LogP contribution < -0.4 is 10.6 Å². The highest BCUT2D eigenvalue weighted by molar-refractivity contribution is 5.92. The van der Waals surface area contributed by atoms with Crippen molar-refractivity contribution in [3.05, 3.63) is 34.9 Å².